The second-order valence-corrected chi connectivity index (χ2v) is 7.12. The molecule has 3 N–H and O–H groups in total. The lowest BCUT2D eigenvalue weighted by atomic mass is 10.2. The predicted octanol–water partition coefficient (Wildman–Crippen LogP) is 2.33. The molecule has 4 nitrogen and oxygen atoms in total. The highest BCUT2D eigenvalue weighted by Gasteiger charge is 2.28. The molecule has 0 amide bonds. The van der Waals surface area contributed by atoms with Gasteiger partial charge in [0.15, 0.2) is 0 Å². The molecule has 1 aliphatic carbocycles. The Morgan fingerprint density at radius 1 is 1.35 bits per heavy atom. The van der Waals surface area contributed by atoms with Gasteiger partial charge in [-0.05, 0) is 31.0 Å². The topological polar surface area (TPSA) is 72.2 Å². The Hall–Kier alpha value is -1.22. The number of sulfonamides is 1. The monoisotopic (exact) mass is 312 g/mol. The van der Waals surface area contributed by atoms with Crippen LogP contribution >= 0.6 is 11.6 Å². The molecular weight excluding hydrogens is 296 g/mol. The summed E-state index contributed by atoms with van der Waals surface area (Å²) in [6.07, 6.45) is 3.39. The third-order valence-corrected chi connectivity index (χ3v) is 5.49. The Kier molecular flexibility index (Phi) is 4.92. The van der Waals surface area contributed by atoms with Crippen LogP contribution in [-0.2, 0) is 10.0 Å². The van der Waals surface area contributed by atoms with Gasteiger partial charge in [-0.15, -0.1) is 0 Å². The first-order valence-electron chi connectivity index (χ1n) is 6.53. The van der Waals surface area contributed by atoms with E-state index in [4.69, 9.17) is 17.3 Å². The molecular formula is C14H17ClN2O2S. The molecule has 1 aromatic carbocycles. The second kappa shape index (κ2) is 6.49. The summed E-state index contributed by atoms with van der Waals surface area (Å²) in [6.45, 7) is 0.231. The number of rotatable bonds is 3. The maximum atomic E-state index is 12.2. The fourth-order valence-electron chi connectivity index (χ4n) is 2.28. The number of hydrogen-bond donors (Lipinski definition) is 2. The third-order valence-electron chi connectivity index (χ3n) is 3.29. The molecule has 0 heterocycles. The van der Waals surface area contributed by atoms with Gasteiger partial charge in [0.1, 0.15) is 0 Å². The van der Waals surface area contributed by atoms with E-state index in [1.54, 1.807) is 18.2 Å². The summed E-state index contributed by atoms with van der Waals surface area (Å²) in [5.41, 5.74) is 6.38. The molecule has 0 atom stereocenters. The van der Waals surface area contributed by atoms with E-state index in [9.17, 15) is 8.42 Å². The Balaban J connectivity index is 2.21. The van der Waals surface area contributed by atoms with Crippen LogP contribution in [0.5, 0.6) is 0 Å². The van der Waals surface area contributed by atoms with Crippen molar-refractivity contribution in [2.45, 2.75) is 30.9 Å². The molecule has 6 heteroatoms. The molecule has 0 aliphatic heterocycles. The number of hydrogen-bond acceptors (Lipinski definition) is 3. The molecule has 0 unspecified atom stereocenters. The number of anilines is 1. The van der Waals surface area contributed by atoms with E-state index in [0.29, 0.717) is 16.3 Å². The largest absolute Gasteiger partial charge is 0.320 e. The Morgan fingerprint density at radius 3 is 2.70 bits per heavy atom. The van der Waals surface area contributed by atoms with E-state index in [2.05, 4.69) is 16.6 Å². The fraction of sp³-hybridized carbons (Fsp3) is 0.429. The SMILES string of the molecule is NCC#Cc1cc(NS(=O)(=O)C2CCCC2)ccc1Cl. The van der Waals surface area contributed by atoms with E-state index >= 15 is 0 Å². The zero-order valence-corrected chi connectivity index (χ0v) is 12.6. The van der Waals surface area contributed by atoms with Crippen molar-refractivity contribution < 1.29 is 8.42 Å². The second-order valence-electron chi connectivity index (χ2n) is 4.75. The van der Waals surface area contributed by atoms with Crippen molar-refractivity contribution in [1.29, 1.82) is 0 Å². The number of benzene rings is 1. The molecule has 20 heavy (non-hydrogen) atoms. The lowest BCUT2D eigenvalue weighted by molar-refractivity contribution is 0.585. The normalized spacial score (nSPS) is 15.7. The highest BCUT2D eigenvalue weighted by molar-refractivity contribution is 7.93. The van der Waals surface area contributed by atoms with Gasteiger partial charge in [-0.25, -0.2) is 8.42 Å². The summed E-state index contributed by atoms with van der Waals surface area (Å²) >= 11 is 6.01. The van der Waals surface area contributed by atoms with Gasteiger partial charge in [-0.1, -0.05) is 36.3 Å². The molecule has 1 aromatic rings. The summed E-state index contributed by atoms with van der Waals surface area (Å²) in [7, 11) is -3.33. The lowest BCUT2D eigenvalue weighted by Gasteiger charge is -2.13. The first-order valence-corrected chi connectivity index (χ1v) is 8.45. The van der Waals surface area contributed by atoms with Gasteiger partial charge in [0.2, 0.25) is 10.0 Å². The third kappa shape index (κ3) is 3.66. The molecule has 0 bridgehead atoms. The molecule has 1 fully saturated rings. The summed E-state index contributed by atoms with van der Waals surface area (Å²) in [5.74, 6) is 5.53. The van der Waals surface area contributed by atoms with Gasteiger partial charge in [0.05, 0.1) is 16.8 Å². The van der Waals surface area contributed by atoms with Gasteiger partial charge in [0.25, 0.3) is 0 Å². The first kappa shape index (κ1) is 15.2. The maximum Gasteiger partial charge on any atom is 0.235 e. The molecule has 1 saturated carbocycles. The Bertz CT molecular complexity index is 641. The summed E-state index contributed by atoms with van der Waals surface area (Å²) < 4.78 is 27.0. The van der Waals surface area contributed by atoms with E-state index in [-0.39, 0.29) is 11.8 Å². The minimum Gasteiger partial charge on any atom is -0.320 e. The van der Waals surface area contributed by atoms with E-state index in [1.807, 2.05) is 0 Å². The van der Waals surface area contributed by atoms with Gasteiger partial charge < -0.3 is 5.73 Å². The van der Waals surface area contributed by atoms with E-state index in [1.165, 1.54) is 0 Å². The number of halogens is 1. The lowest BCUT2D eigenvalue weighted by Crippen LogP contribution is -2.25. The molecule has 0 spiro atoms. The van der Waals surface area contributed by atoms with Crippen molar-refractivity contribution in [1.82, 2.24) is 0 Å². The molecule has 0 saturated heterocycles. The van der Waals surface area contributed by atoms with Crippen molar-refractivity contribution in [2.75, 3.05) is 11.3 Å². The minimum absolute atomic E-state index is 0.231. The van der Waals surface area contributed by atoms with Crippen LogP contribution in [0.1, 0.15) is 31.2 Å². The highest BCUT2D eigenvalue weighted by Crippen LogP contribution is 2.27. The van der Waals surface area contributed by atoms with Gasteiger partial charge in [-0.2, -0.15) is 0 Å². The zero-order chi connectivity index (χ0) is 14.6. The van der Waals surface area contributed by atoms with E-state index < -0.39 is 10.0 Å². The first-order chi connectivity index (χ1) is 9.53. The fourth-order valence-corrected chi connectivity index (χ4v) is 4.02. The van der Waals surface area contributed by atoms with Crippen LogP contribution in [0.3, 0.4) is 0 Å². The average molecular weight is 313 g/mol. The van der Waals surface area contributed by atoms with Crippen molar-refractivity contribution in [3.05, 3.63) is 28.8 Å². The summed E-state index contributed by atoms with van der Waals surface area (Å²) in [4.78, 5) is 0. The molecule has 1 aliphatic rings. The van der Waals surface area contributed by atoms with Crippen LogP contribution in [-0.4, -0.2) is 20.2 Å². The van der Waals surface area contributed by atoms with Gasteiger partial charge in [0, 0.05) is 11.3 Å². The van der Waals surface area contributed by atoms with Crippen molar-refractivity contribution >= 4 is 27.3 Å². The molecule has 108 valence electrons. The highest BCUT2D eigenvalue weighted by atomic mass is 35.5. The quantitative estimate of drug-likeness (QED) is 0.841. The smallest absolute Gasteiger partial charge is 0.235 e. The van der Waals surface area contributed by atoms with Crippen molar-refractivity contribution in [2.24, 2.45) is 5.73 Å². The standard InChI is InChI=1S/C14H17ClN2O2S/c15-14-8-7-12(10-11(14)4-3-9-16)17-20(18,19)13-5-1-2-6-13/h7-8,10,13,17H,1-2,5-6,9,16H2. The predicted molar refractivity (Wildman–Crippen MR) is 82.2 cm³/mol. The molecule has 0 aromatic heterocycles. The number of nitrogens with one attached hydrogen (secondary N) is 1. The minimum atomic E-state index is -3.33. The van der Waals surface area contributed by atoms with Crippen LogP contribution < -0.4 is 10.5 Å². The van der Waals surface area contributed by atoms with Crippen molar-refractivity contribution in [3.63, 3.8) is 0 Å². The Morgan fingerprint density at radius 2 is 2.05 bits per heavy atom. The zero-order valence-electron chi connectivity index (χ0n) is 11.0. The van der Waals surface area contributed by atoms with Crippen molar-refractivity contribution in [3.8, 4) is 11.8 Å². The Labute approximate surface area is 124 Å². The van der Waals surface area contributed by atoms with Crippen LogP contribution in [0, 0.1) is 11.8 Å². The molecule has 0 radical (unpaired) electrons. The number of nitrogens with two attached hydrogens (primary N) is 1. The van der Waals surface area contributed by atoms with Crippen LogP contribution in [0.15, 0.2) is 18.2 Å². The van der Waals surface area contributed by atoms with Gasteiger partial charge >= 0.3 is 0 Å². The van der Waals surface area contributed by atoms with Gasteiger partial charge in [-0.3, -0.25) is 4.72 Å². The van der Waals surface area contributed by atoms with Crippen LogP contribution in [0.2, 0.25) is 5.02 Å². The van der Waals surface area contributed by atoms with E-state index in [0.717, 1.165) is 25.7 Å². The van der Waals surface area contributed by atoms with Crippen LogP contribution in [0.4, 0.5) is 5.69 Å². The molecule has 2 rings (SSSR count). The summed E-state index contributed by atoms with van der Waals surface area (Å²) in [6, 6.07) is 4.91. The van der Waals surface area contributed by atoms with Crippen LogP contribution in [0.25, 0.3) is 0 Å². The summed E-state index contributed by atoms with van der Waals surface area (Å²) in [5, 5.41) is 0.187. The average Bonchev–Trinajstić information content (AvgIpc) is 2.94. The maximum absolute atomic E-state index is 12.2.